The Bertz CT molecular complexity index is 1370. The van der Waals surface area contributed by atoms with Crippen molar-refractivity contribution in [2.24, 2.45) is 5.73 Å². The van der Waals surface area contributed by atoms with Gasteiger partial charge >= 0.3 is 0 Å². The fraction of sp³-hybridized carbons (Fsp3) is 0.379. The number of hydrogen-bond donors (Lipinski definition) is 2. The number of carbonyl (C=O) groups excluding carboxylic acids is 1. The topological polar surface area (TPSA) is 103 Å². The van der Waals surface area contributed by atoms with Crippen molar-refractivity contribution in [3.05, 3.63) is 72.5 Å². The van der Waals surface area contributed by atoms with Crippen molar-refractivity contribution >= 4 is 25.0 Å². The number of amides is 1. The number of hydrogen-bond acceptors (Lipinski definition) is 5. The molecule has 0 spiro atoms. The van der Waals surface area contributed by atoms with E-state index in [1.54, 1.807) is 6.26 Å². The molecule has 2 aromatic heterocycles. The van der Waals surface area contributed by atoms with Crippen LogP contribution in [0.2, 0.25) is 18.1 Å². The first kappa shape index (κ1) is 26.7. The Labute approximate surface area is 219 Å². The van der Waals surface area contributed by atoms with E-state index in [1.807, 2.05) is 42.5 Å². The lowest BCUT2D eigenvalue weighted by Gasteiger charge is -2.40. The number of aromatic amines is 1. The SMILES string of the molecule is C[C@H](O[Si](C)(C)C(C)(C)C)[C@H](CCOc1cccc(-c2occ3ccccc23)c1)c1ncc(C(N)=O)[nH]1. The maximum absolute atomic E-state index is 11.7. The van der Waals surface area contributed by atoms with Crippen LogP contribution < -0.4 is 10.5 Å². The van der Waals surface area contributed by atoms with E-state index in [0.717, 1.165) is 27.8 Å². The van der Waals surface area contributed by atoms with E-state index in [9.17, 15) is 4.79 Å². The highest BCUT2D eigenvalue weighted by Crippen LogP contribution is 2.39. The van der Waals surface area contributed by atoms with Crippen LogP contribution in [0.3, 0.4) is 0 Å². The molecule has 0 saturated heterocycles. The highest BCUT2D eigenvalue weighted by Gasteiger charge is 2.40. The molecular weight excluding hydrogens is 482 g/mol. The van der Waals surface area contributed by atoms with E-state index in [2.05, 4.69) is 56.8 Å². The number of furan rings is 1. The number of nitrogens with zero attached hydrogens (tertiary/aromatic N) is 1. The number of fused-ring (bicyclic) bond motifs is 1. The molecule has 4 aromatic rings. The number of aromatic nitrogens is 2. The number of carbonyl (C=O) groups is 1. The first-order valence-corrected chi connectivity index (χ1v) is 15.6. The van der Waals surface area contributed by atoms with E-state index in [1.165, 1.54) is 6.20 Å². The van der Waals surface area contributed by atoms with Crippen molar-refractivity contribution in [3.8, 4) is 17.1 Å². The lowest BCUT2D eigenvalue weighted by atomic mass is 9.99. The zero-order chi connectivity index (χ0) is 26.8. The lowest BCUT2D eigenvalue weighted by molar-refractivity contribution is 0.0995. The van der Waals surface area contributed by atoms with Crippen LogP contribution >= 0.6 is 0 Å². The molecule has 0 saturated carbocycles. The number of imidazole rings is 1. The number of ether oxygens (including phenoxy) is 1. The van der Waals surface area contributed by atoms with E-state index in [0.29, 0.717) is 24.5 Å². The Morgan fingerprint density at radius 3 is 2.62 bits per heavy atom. The van der Waals surface area contributed by atoms with Gasteiger partial charge in [0.15, 0.2) is 8.32 Å². The Hall–Kier alpha value is -3.36. The molecule has 3 N–H and O–H groups in total. The number of benzene rings is 2. The van der Waals surface area contributed by atoms with Gasteiger partial charge < -0.3 is 24.3 Å². The fourth-order valence-corrected chi connectivity index (χ4v) is 5.66. The summed E-state index contributed by atoms with van der Waals surface area (Å²) in [4.78, 5) is 19.2. The first-order chi connectivity index (χ1) is 17.5. The van der Waals surface area contributed by atoms with Crippen molar-refractivity contribution in [1.29, 1.82) is 0 Å². The average Bonchev–Trinajstić information content (AvgIpc) is 3.49. The third kappa shape index (κ3) is 5.97. The van der Waals surface area contributed by atoms with Crippen molar-refractivity contribution in [2.45, 2.75) is 64.3 Å². The number of nitrogens with two attached hydrogens (primary N) is 1. The molecule has 4 rings (SSSR count). The van der Waals surface area contributed by atoms with Gasteiger partial charge in [-0.2, -0.15) is 0 Å². The molecule has 0 bridgehead atoms. The third-order valence-corrected chi connectivity index (χ3v) is 11.9. The Balaban J connectivity index is 1.50. The summed E-state index contributed by atoms with van der Waals surface area (Å²) >= 11 is 0. The van der Waals surface area contributed by atoms with Gasteiger partial charge in [0.05, 0.1) is 25.2 Å². The summed E-state index contributed by atoms with van der Waals surface area (Å²) in [7, 11) is -2.03. The average molecular weight is 520 g/mol. The molecule has 2 atom stereocenters. The minimum Gasteiger partial charge on any atom is -0.494 e. The zero-order valence-corrected chi connectivity index (χ0v) is 23.5. The van der Waals surface area contributed by atoms with Crippen LogP contribution in [-0.4, -0.2) is 36.9 Å². The van der Waals surface area contributed by atoms with E-state index in [4.69, 9.17) is 19.3 Å². The molecule has 0 radical (unpaired) electrons. The largest absolute Gasteiger partial charge is 0.494 e. The summed E-state index contributed by atoms with van der Waals surface area (Å²) in [5, 5.41) is 2.20. The van der Waals surface area contributed by atoms with Crippen molar-refractivity contribution < 1.29 is 18.4 Å². The van der Waals surface area contributed by atoms with E-state index in [-0.39, 0.29) is 17.1 Å². The highest BCUT2D eigenvalue weighted by molar-refractivity contribution is 6.74. The standard InChI is InChI=1S/C29H37N3O4Si/c1-19(36-37(5,6)29(2,3)4)23(28-31-17-25(32-28)27(30)33)14-15-34-22-12-9-11-20(16-22)26-24-13-8-7-10-21(24)18-35-26/h7-13,16-19,23H,14-15H2,1-6H3,(H2,30,33)(H,31,32)/t19-,23-/m0/s1. The summed E-state index contributed by atoms with van der Waals surface area (Å²) in [5.41, 5.74) is 6.71. The summed E-state index contributed by atoms with van der Waals surface area (Å²) in [5.74, 6) is 1.63. The van der Waals surface area contributed by atoms with Crippen LogP contribution in [0.5, 0.6) is 5.75 Å². The molecule has 8 heteroatoms. The molecule has 0 unspecified atom stereocenters. The minimum absolute atomic E-state index is 0.0698. The predicted octanol–water partition coefficient (Wildman–Crippen LogP) is 6.88. The predicted molar refractivity (Wildman–Crippen MR) is 149 cm³/mol. The van der Waals surface area contributed by atoms with Crippen LogP contribution in [0.15, 0.2) is 65.4 Å². The molecule has 2 heterocycles. The molecule has 0 fully saturated rings. The van der Waals surface area contributed by atoms with Crippen LogP contribution in [0, 0.1) is 0 Å². The molecule has 1 amide bonds. The number of primary amides is 1. The number of H-pyrrole nitrogens is 1. The monoisotopic (exact) mass is 519 g/mol. The highest BCUT2D eigenvalue weighted by atomic mass is 28.4. The quantitative estimate of drug-likeness (QED) is 0.222. The molecule has 196 valence electrons. The minimum atomic E-state index is -2.03. The maximum Gasteiger partial charge on any atom is 0.266 e. The fourth-order valence-electron chi connectivity index (χ4n) is 4.21. The van der Waals surface area contributed by atoms with Gasteiger partial charge in [-0.1, -0.05) is 57.2 Å². The Morgan fingerprint density at radius 1 is 1.16 bits per heavy atom. The van der Waals surface area contributed by atoms with Crippen LogP contribution in [-0.2, 0) is 4.43 Å². The molecule has 2 aromatic carbocycles. The van der Waals surface area contributed by atoms with E-state index >= 15 is 0 Å². The van der Waals surface area contributed by atoms with Gasteiger partial charge in [-0.05, 0) is 43.6 Å². The molecule has 7 nitrogen and oxygen atoms in total. The second-order valence-corrected chi connectivity index (χ2v) is 15.8. The lowest BCUT2D eigenvalue weighted by Crippen LogP contribution is -2.44. The van der Waals surface area contributed by atoms with Crippen molar-refractivity contribution in [2.75, 3.05) is 6.61 Å². The molecule has 0 aliphatic rings. The Morgan fingerprint density at radius 2 is 1.92 bits per heavy atom. The Kier molecular flexibility index (Phi) is 7.61. The van der Waals surface area contributed by atoms with Gasteiger partial charge in [0.2, 0.25) is 0 Å². The van der Waals surface area contributed by atoms with Crippen LogP contribution in [0.25, 0.3) is 22.1 Å². The zero-order valence-electron chi connectivity index (χ0n) is 22.5. The molecular formula is C29H37N3O4Si. The third-order valence-electron chi connectivity index (χ3n) is 7.37. The maximum atomic E-state index is 11.7. The van der Waals surface area contributed by atoms with Gasteiger partial charge in [0, 0.05) is 22.3 Å². The summed E-state index contributed by atoms with van der Waals surface area (Å²) in [6.45, 7) is 13.6. The van der Waals surface area contributed by atoms with Gasteiger partial charge in [0.1, 0.15) is 23.0 Å². The summed E-state index contributed by atoms with van der Waals surface area (Å²) < 4.78 is 18.8. The number of rotatable bonds is 10. The summed E-state index contributed by atoms with van der Waals surface area (Å²) in [6, 6.07) is 16.0. The first-order valence-electron chi connectivity index (χ1n) is 12.7. The van der Waals surface area contributed by atoms with Gasteiger partial charge in [0.25, 0.3) is 5.91 Å². The normalized spacial score (nSPS) is 14.0. The van der Waals surface area contributed by atoms with Crippen molar-refractivity contribution in [1.82, 2.24) is 9.97 Å². The van der Waals surface area contributed by atoms with Gasteiger partial charge in [-0.3, -0.25) is 4.79 Å². The smallest absolute Gasteiger partial charge is 0.266 e. The molecule has 0 aliphatic carbocycles. The summed E-state index contributed by atoms with van der Waals surface area (Å²) in [6.07, 6.45) is 3.78. The van der Waals surface area contributed by atoms with Crippen molar-refractivity contribution in [3.63, 3.8) is 0 Å². The van der Waals surface area contributed by atoms with E-state index < -0.39 is 14.2 Å². The van der Waals surface area contributed by atoms with Crippen LogP contribution in [0.1, 0.15) is 56.3 Å². The van der Waals surface area contributed by atoms with Crippen LogP contribution in [0.4, 0.5) is 0 Å². The second-order valence-electron chi connectivity index (χ2n) is 11.1. The number of nitrogens with one attached hydrogen (secondary N) is 1. The second kappa shape index (κ2) is 10.6. The van der Waals surface area contributed by atoms with Gasteiger partial charge in [-0.15, -0.1) is 0 Å². The molecule has 37 heavy (non-hydrogen) atoms. The van der Waals surface area contributed by atoms with Gasteiger partial charge in [-0.25, -0.2) is 4.98 Å². The molecule has 0 aliphatic heterocycles.